The van der Waals surface area contributed by atoms with Crippen LogP contribution in [0.15, 0.2) is 40.8 Å². The van der Waals surface area contributed by atoms with Gasteiger partial charge in [-0.2, -0.15) is 0 Å². The van der Waals surface area contributed by atoms with Gasteiger partial charge in [-0.05, 0) is 48.7 Å². The maximum Gasteiger partial charge on any atom is 0.253 e. The van der Waals surface area contributed by atoms with Crippen molar-refractivity contribution in [3.8, 4) is 11.5 Å². The quantitative estimate of drug-likeness (QED) is 0.640. The summed E-state index contributed by atoms with van der Waals surface area (Å²) in [5.74, 6) is 2.04. The van der Waals surface area contributed by atoms with Crippen molar-refractivity contribution >= 4 is 17.0 Å². The number of amides is 1. The van der Waals surface area contributed by atoms with E-state index in [0.29, 0.717) is 35.0 Å². The first-order valence-corrected chi connectivity index (χ1v) is 10.1. The number of aromatic nitrogens is 1. The number of rotatable bonds is 5. The summed E-state index contributed by atoms with van der Waals surface area (Å²) in [6.07, 6.45) is 5.08. The maximum atomic E-state index is 12.9. The number of hydrogen-bond donors (Lipinski definition) is 0. The van der Waals surface area contributed by atoms with Crippen LogP contribution in [0, 0.1) is 0 Å². The first-order valence-electron chi connectivity index (χ1n) is 10.1. The van der Waals surface area contributed by atoms with Gasteiger partial charge in [-0.25, -0.2) is 4.98 Å². The van der Waals surface area contributed by atoms with Crippen LogP contribution in [0.4, 0.5) is 0 Å². The topological polar surface area (TPSA) is 64.8 Å². The Bertz CT molecular complexity index is 1000. The van der Waals surface area contributed by atoms with Crippen molar-refractivity contribution < 1.29 is 18.7 Å². The van der Waals surface area contributed by atoms with E-state index in [2.05, 4.69) is 4.98 Å². The molecule has 1 saturated heterocycles. The molecule has 0 radical (unpaired) electrons. The monoisotopic (exact) mass is 394 g/mol. The summed E-state index contributed by atoms with van der Waals surface area (Å²) in [7, 11) is 3.23. The van der Waals surface area contributed by atoms with Crippen molar-refractivity contribution in [2.45, 2.75) is 32.1 Å². The summed E-state index contributed by atoms with van der Waals surface area (Å²) in [5.41, 5.74) is 3.07. The van der Waals surface area contributed by atoms with Crippen LogP contribution in [0.1, 0.15) is 47.5 Å². The van der Waals surface area contributed by atoms with Crippen LogP contribution in [0.2, 0.25) is 0 Å². The van der Waals surface area contributed by atoms with Crippen molar-refractivity contribution in [2.75, 3.05) is 27.3 Å². The Kier molecular flexibility index (Phi) is 5.69. The van der Waals surface area contributed by atoms with Crippen LogP contribution >= 0.6 is 0 Å². The fourth-order valence-corrected chi connectivity index (χ4v) is 3.80. The van der Waals surface area contributed by atoms with Gasteiger partial charge >= 0.3 is 0 Å². The van der Waals surface area contributed by atoms with Crippen molar-refractivity contribution in [3.05, 3.63) is 53.4 Å². The summed E-state index contributed by atoms with van der Waals surface area (Å²) in [5, 5.41) is 0. The van der Waals surface area contributed by atoms with E-state index in [1.807, 2.05) is 41.3 Å². The summed E-state index contributed by atoms with van der Waals surface area (Å²) >= 11 is 0. The molecule has 0 N–H and O–H groups in total. The lowest BCUT2D eigenvalue weighted by Crippen LogP contribution is -2.31. The number of hydrogen-bond acceptors (Lipinski definition) is 5. The molecule has 0 bridgehead atoms. The van der Waals surface area contributed by atoms with Gasteiger partial charge in [0.15, 0.2) is 23.0 Å². The zero-order chi connectivity index (χ0) is 20.2. The first kappa shape index (κ1) is 19.3. The van der Waals surface area contributed by atoms with Gasteiger partial charge < -0.3 is 18.8 Å². The lowest BCUT2D eigenvalue weighted by Gasteiger charge is -2.20. The van der Waals surface area contributed by atoms with Crippen LogP contribution < -0.4 is 9.47 Å². The number of methoxy groups -OCH3 is 2. The van der Waals surface area contributed by atoms with Crippen molar-refractivity contribution in [1.29, 1.82) is 0 Å². The van der Waals surface area contributed by atoms with Crippen LogP contribution in [0.3, 0.4) is 0 Å². The van der Waals surface area contributed by atoms with E-state index in [1.54, 1.807) is 14.2 Å². The average molecular weight is 394 g/mol. The molecule has 29 heavy (non-hydrogen) atoms. The van der Waals surface area contributed by atoms with Crippen LogP contribution in [-0.2, 0) is 6.42 Å². The zero-order valence-electron chi connectivity index (χ0n) is 16.9. The molecule has 0 saturated carbocycles. The largest absolute Gasteiger partial charge is 0.493 e. The standard InChI is InChI=1S/C23H26N2O4/c1-27-19-10-7-16(13-21(19)28-2)14-22-24-18-9-8-17(15-20(18)29-22)23(26)25-11-5-3-4-6-12-25/h7-10,13,15H,3-6,11-12,14H2,1-2H3. The summed E-state index contributed by atoms with van der Waals surface area (Å²) in [6.45, 7) is 1.66. The van der Waals surface area contributed by atoms with Gasteiger partial charge in [0.2, 0.25) is 0 Å². The van der Waals surface area contributed by atoms with E-state index in [9.17, 15) is 4.79 Å². The zero-order valence-corrected chi connectivity index (χ0v) is 16.9. The van der Waals surface area contributed by atoms with Gasteiger partial charge in [-0.1, -0.05) is 18.9 Å². The normalized spacial score (nSPS) is 14.6. The van der Waals surface area contributed by atoms with Crippen LogP contribution in [-0.4, -0.2) is 43.1 Å². The van der Waals surface area contributed by atoms with Gasteiger partial charge in [0, 0.05) is 25.1 Å². The van der Waals surface area contributed by atoms with E-state index in [1.165, 1.54) is 12.8 Å². The molecule has 0 unspecified atom stereocenters. The highest BCUT2D eigenvalue weighted by atomic mass is 16.5. The second-order valence-electron chi connectivity index (χ2n) is 7.36. The Morgan fingerprint density at radius 2 is 1.76 bits per heavy atom. The second-order valence-corrected chi connectivity index (χ2v) is 7.36. The minimum Gasteiger partial charge on any atom is -0.493 e. The molecule has 152 valence electrons. The highest BCUT2D eigenvalue weighted by Crippen LogP contribution is 2.29. The van der Waals surface area contributed by atoms with E-state index in [-0.39, 0.29) is 5.91 Å². The number of benzene rings is 2. The molecule has 3 aromatic rings. The highest BCUT2D eigenvalue weighted by Gasteiger charge is 2.19. The van der Waals surface area contributed by atoms with Gasteiger partial charge in [0.1, 0.15) is 5.52 Å². The Balaban J connectivity index is 1.54. The van der Waals surface area contributed by atoms with E-state index >= 15 is 0 Å². The van der Waals surface area contributed by atoms with Crippen LogP contribution in [0.5, 0.6) is 11.5 Å². The Labute approximate surface area is 170 Å². The van der Waals surface area contributed by atoms with Gasteiger partial charge in [-0.15, -0.1) is 0 Å². The third-order valence-corrected chi connectivity index (χ3v) is 5.38. The Morgan fingerprint density at radius 3 is 2.48 bits per heavy atom. The van der Waals surface area contributed by atoms with E-state index in [4.69, 9.17) is 13.9 Å². The molecule has 0 spiro atoms. The molecule has 2 heterocycles. The number of carbonyl (C=O) groups is 1. The van der Waals surface area contributed by atoms with Gasteiger partial charge in [-0.3, -0.25) is 4.79 Å². The minimum atomic E-state index is 0.0756. The predicted octanol–water partition coefficient (Wildman–Crippen LogP) is 4.45. The second kappa shape index (κ2) is 8.55. The third-order valence-electron chi connectivity index (χ3n) is 5.38. The Morgan fingerprint density at radius 1 is 1.00 bits per heavy atom. The Hall–Kier alpha value is -3.02. The fourth-order valence-electron chi connectivity index (χ4n) is 3.80. The molecule has 6 heteroatoms. The number of fused-ring (bicyclic) bond motifs is 1. The summed E-state index contributed by atoms with van der Waals surface area (Å²) < 4.78 is 16.6. The van der Waals surface area contributed by atoms with Crippen molar-refractivity contribution in [1.82, 2.24) is 9.88 Å². The molecule has 0 aliphatic carbocycles. The van der Waals surface area contributed by atoms with Crippen molar-refractivity contribution in [2.24, 2.45) is 0 Å². The lowest BCUT2D eigenvalue weighted by atomic mass is 10.1. The average Bonchev–Trinajstić information content (AvgIpc) is 2.95. The predicted molar refractivity (Wildman–Crippen MR) is 111 cm³/mol. The number of likely N-dealkylation sites (tertiary alicyclic amines) is 1. The molecule has 0 atom stereocenters. The number of oxazole rings is 1. The molecule has 4 rings (SSSR count). The van der Waals surface area contributed by atoms with Gasteiger partial charge in [0.25, 0.3) is 5.91 Å². The van der Waals surface area contributed by atoms with Crippen molar-refractivity contribution in [3.63, 3.8) is 0 Å². The molecular weight excluding hydrogens is 368 g/mol. The minimum absolute atomic E-state index is 0.0756. The molecular formula is C23H26N2O4. The first-order chi connectivity index (χ1) is 14.2. The smallest absolute Gasteiger partial charge is 0.253 e. The molecule has 2 aromatic carbocycles. The van der Waals surface area contributed by atoms with E-state index < -0.39 is 0 Å². The molecule has 1 aliphatic heterocycles. The molecule has 1 aliphatic rings. The number of nitrogens with zero attached hydrogens (tertiary/aromatic N) is 2. The highest BCUT2D eigenvalue weighted by molar-refractivity contribution is 5.97. The number of ether oxygens (including phenoxy) is 2. The molecule has 1 fully saturated rings. The van der Waals surface area contributed by atoms with E-state index in [0.717, 1.165) is 37.0 Å². The molecule has 6 nitrogen and oxygen atoms in total. The fraction of sp³-hybridized carbons (Fsp3) is 0.391. The lowest BCUT2D eigenvalue weighted by molar-refractivity contribution is 0.0761. The maximum absolute atomic E-state index is 12.9. The molecule has 1 amide bonds. The summed E-state index contributed by atoms with van der Waals surface area (Å²) in [4.78, 5) is 19.4. The summed E-state index contributed by atoms with van der Waals surface area (Å²) in [6, 6.07) is 11.3. The third kappa shape index (κ3) is 4.21. The molecule has 1 aromatic heterocycles. The number of carbonyl (C=O) groups excluding carboxylic acids is 1. The van der Waals surface area contributed by atoms with Gasteiger partial charge in [0.05, 0.1) is 14.2 Å². The SMILES string of the molecule is COc1ccc(Cc2nc3ccc(C(=O)N4CCCCCC4)cc3o2)cc1OC. The van der Waals surface area contributed by atoms with Crippen LogP contribution in [0.25, 0.3) is 11.1 Å².